The molecule has 0 radical (unpaired) electrons. The van der Waals surface area contributed by atoms with Crippen molar-refractivity contribution in [2.24, 2.45) is 5.92 Å². The highest BCUT2D eigenvalue weighted by Crippen LogP contribution is 2.33. The van der Waals surface area contributed by atoms with E-state index in [1.165, 1.54) is 11.0 Å². The van der Waals surface area contributed by atoms with Gasteiger partial charge in [0.15, 0.2) is 11.6 Å². The fraction of sp³-hybridized carbons (Fsp3) is 0.571. The summed E-state index contributed by atoms with van der Waals surface area (Å²) < 4.78 is 21.4. The summed E-state index contributed by atoms with van der Waals surface area (Å²) in [6.07, 6.45) is 1.09. The summed E-state index contributed by atoms with van der Waals surface area (Å²) in [6, 6.07) is 2.78. The Bertz CT molecular complexity index is 1030. The lowest BCUT2D eigenvalue weighted by Crippen LogP contribution is -2.47. The van der Waals surface area contributed by atoms with Gasteiger partial charge in [0.25, 0.3) is 5.56 Å². The molecule has 1 N–H and O–H groups in total. The number of nitrogens with zero attached hydrogens (tertiary/aromatic N) is 4. The van der Waals surface area contributed by atoms with Gasteiger partial charge >= 0.3 is 6.09 Å². The minimum atomic E-state index is -0.911. The van der Waals surface area contributed by atoms with Crippen LogP contribution in [0, 0.1) is 11.7 Å². The number of likely N-dealkylation sites (tertiary alicyclic amines) is 1. The van der Waals surface area contributed by atoms with Crippen molar-refractivity contribution >= 4 is 17.1 Å². The Hall–Kier alpha value is -2.68. The van der Waals surface area contributed by atoms with Gasteiger partial charge in [0.1, 0.15) is 12.1 Å². The summed E-state index contributed by atoms with van der Waals surface area (Å²) in [7, 11) is 0. The second-order valence-electron chi connectivity index (χ2n) is 9.15. The normalized spacial score (nSPS) is 21.6. The SMILES string of the molecule is CC(C)(C)N(C[C@H]1CCN(C[C@@H]2COc3c(F)cnc4ccc(=O)n2c34)C1)C(=O)O. The van der Waals surface area contributed by atoms with Gasteiger partial charge in [-0.25, -0.2) is 9.18 Å². The first-order chi connectivity index (χ1) is 14.1. The van der Waals surface area contributed by atoms with Gasteiger partial charge in [-0.05, 0) is 45.7 Å². The van der Waals surface area contributed by atoms with Crippen LogP contribution >= 0.6 is 0 Å². The van der Waals surface area contributed by atoms with E-state index in [0.29, 0.717) is 24.1 Å². The van der Waals surface area contributed by atoms with Crippen LogP contribution in [0.1, 0.15) is 33.2 Å². The van der Waals surface area contributed by atoms with Crippen molar-refractivity contribution in [2.45, 2.75) is 38.8 Å². The number of amides is 1. The molecule has 30 heavy (non-hydrogen) atoms. The third kappa shape index (κ3) is 3.74. The molecule has 2 aromatic rings. The van der Waals surface area contributed by atoms with Crippen molar-refractivity contribution in [3.63, 3.8) is 0 Å². The number of rotatable bonds is 4. The number of halogens is 1. The van der Waals surface area contributed by atoms with Gasteiger partial charge in [0.2, 0.25) is 0 Å². The number of hydrogen-bond donors (Lipinski definition) is 1. The first kappa shape index (κ1) is 20.6. The molecule has 2 aliphatic heterocycles. The number of carbonyl (C=O) groups is 1. The van der Waals surface area contributed by atoms with Crippen molar-refractivity contribution in [1.82, 2.24) is 19.4 Å². The third-order valence-electron chi connectivity index (χ3n) is 5.96. The fourth-order valence-corrected chi connectivity index (χ4v) is 4.48. The summed E-state index contributed by atoms with van der Waals surface area (Å²) in [5, 5.41) is 9.55. The first-order valence-electron chi connectivity index (χ1n) is 10.2. The Balaban J connectivity index is 1.51. The minimum Gasteiger partial charge on any atom is -0.486 e. The van der Waals surface area contributed by atoms with E-state index in [1.807, 2.05) is 20.8 Å². The summed E-state index contributed by atoms with van der Waals surface area (Å²) in [4.78, 5) is 32.0. The van der Waals surface area contributed by atoms with Crippen LogP contribution in [-0.4, -0.2) is 68.9 Å². The molecule has 0 spiro atoms. The Morgan fingerprint density at radius 2 is 2.17 bits per heavy atom. The van der Waals surface area contributed by atoms with E-state index in [0.717, 1.165) is 25.7 Å². The van der Waals surface area contributed by atoms with E-state index in [2.05, 4.69) is 9.88 Å². The molecule has 0 bridgehead atoms. The van der Waals surface area contributed by atoms with Crippen LogP contribution in [0.4, 0.5) is 9.18 Å². The maximum absolute atomic E-state index is 14.2. The monoisotopic (exact) mass is 418 g/mol. The standard InChI is InChI=1S/C21H27FN4O4/c1-21(2,3)25(20(28)29)10-13-6-7-24(9-13)11-14-12-30-19-15(22)8-23-16-4-5-17(27)26(14)18(16)19/h4-5,8,13-14H,6-7,9-12H2,1-3H3,(H,28,29)/t13-,14+/m0/s1. The highest BCUT2D eigenvalue weighted by Gasteiger charge is 2.34. The van der Waals surface area contributed by atoms with Gasteiger partial charge < -0.3 is 19.6 Å². The Labute approximate surface area is 173 Å². The molecule has 0 saturated carbocycles. The number of carboxylic acid groups (broad SMARTS) is 1. The molecule has 1 saturated heterocycles. The zero-order valence-corrected chi connectivity index (χ0v) is 17.5. The van der Waals surface area contributed by atoms with E-state index < -0.39 is 17.4 Å². The minimum absolute atomic E-state index is 0.0792. The maximum atomic E-state index is 14.2. The molecule has 0 aromatic carbocycles. The Morgan fingerprint density at radius 1 is 1.40 bits per heavy atom. The zero-order chi connectivity index (χ0) is 21.6. The summed E-state index contributed by atoms with van der Waals surface area (Å²) >= 11 is 0. The third-order valence-corrected chi connectivity index (χ3v) is 5.96. The van der Waals surface area contributed by atoms with E-state index in [-0.39, 0.29) is 29.9 Å². The highest BCUT2D eigenvalue weighted by atomic mass is 19.1. The molecule has 2 aliphatic rings. The topological polar surface area (TPSA) is 87.9 Å². The lowest BCUT2D eigenvalue weighted by molar-refractivity contribution is 0.0887. The van der Waals surface area contributed by atoms with Crippen LogP contribution in [0.5, 0.6) is 5.75 Å². The molecular formula is C21H27FN4O4. The molecule has 0 aliphatic carbocycles. The Morgan fingerprint density at radius 3 is 2.87 bits per heavy atom. The molecule has 2 aromatic heterocycles. The molecule has 1 fully saturated rings. The van der Waals surface area contributed by atoms with Crippen LogP contribution in [0.3, 0.4) is 0 Å². The molecule has 2 atom stereocenters. The summed E-state index contributed by atoms with van der Waals surface area (Å²) in [6.45, 7) is 8.50. The molecule has 162 valence electrons. The van der Waals surface area contributed by atoms with Crippen molar-refractivity contribution in [3.05, 3.63) is 34.5 Å². The van der Waals surface area contributed by atoms with Gasteiger partial charge in [-0.1, -0.05) is 0 Å². The second-order valence-corrected chi connectivity index (χ2v) is 9.15. The Kier molecular flexibility index (Phi) is 5.17. The average Bonchev–Trinajstić information content (AvgIpc) is 3.11. The van der Waals surface area contributed by atoms with Gasteiger partial charge in [-0.2, -0.15) is 0 Å². The van der Waals surface area contributed by atoms with E-state index in [4.69, 9.17) is 4.74 Å². The van der Waals surface area contributed by atoms with Crippen LogP contribution in [-0.2, 0) is 0 Å². The fourth-order valence-electron chi connectivity index (χ4n) is 4.48. The van der Waals surface area contributed by atoms with Crippen LogP contribution < -0.4 is 10.3 Å². The van der Waals surface area contributed by atoms with Gasteiger partial charge in [0.05, 0.1) is 17.8 Å². The molecular weight excluding hydrogens is 391 g/mol. The number of aromatic nitrogens is 2. The number of hydrogen-bond acceptors (Lipinski definition) is 5. The highest BCUT2D eigenvalue weighted by molar-refractivity contribution is 5.82. The molecule has 8 nitrogen and oxygen atoms in total. The van der Waals surface area contributed by atoms with E-state index in [9.17, 15) is 19.1 Å². The second kappa shape index (κ2) is 7.54. The predicted octanol–water partition coefficient (Wildman–Crippen LogP) is 2.57. The van der Waals surface area contributed by atoms with Crippen LogP contribution in [0.25, 0.3) is 11.0 Å². The summed E-state index contributed by atoms with van der Waals surface area (Å²) in [5.74, 6) is -0.267. The van der Waals surface area contributed by atoms with Gasteiger partial charge in [0, 0.05) is 31.2 Å². The first-order valence-corrected chi connectivity index (χ1v) is 10.2. The lowest BCUT2D eigenvalue weighted by atomic mass is 10.0. The molecule has 0 unspecified atom stereocenters. The van der Waals surface area contributed by atoms with Crippen molar-refractivity contribution in [1.29, 1.82) is 0 Å². The average molecular weight is 418 g/mol. The lowest BCUT2D eigenvalue weighted by Gasteiger charge is -2.35. The maximum Gasteiger partial charge on any atom is 0.407 e. The van der Waals surface area contributed by atoms with Crippen molar-refractivity contribution in [2.75, 3.05) is 32.8 Å². The van der Waals surface area contributed by atoms with E-state index >= 15 is 0 Å². The van der Waals surface area contributed by atoms with Gasteiger partial charge in [-0.15, -0.1) is 0 Å². The summed E-state index contributed by atoms with van der Waals surface area (Å²) in [5.41, 5.74) is 0.266. The van der Waals surface area contributed by atoms with Crippen LogP contribution in [0.2, 0.25) is 0 Å². The number of ether oxygens (including phenoxy) is 1. The molecule has 9 heteroatoms. The van der Waals surface area contributed by atoms with Crippen molar-refractivity contribution < 1.29 is 19.0 Å². The zero-order valence-electron chi connectivity index (χ0n) is 17.5. The molecule has 4 rings (SSSR count). The van der Waals surface area contributed by atoms with Crippen LogP contribution in [0.15, 0.2) is 23.1 Å². The van der Waals surface area contributed by atoms with Crippen molar-refractivity contribution in [3.8, 4) is 5.75 Å². The number of pyridine rings is 2. The quantitative estimate of drug-likeness (QED) is 0.821. The predicted molar refractivity (Wildman–Crippen MR) is 110 cm³/mol. The van der Waals surface area contributed by atoms with Gasteiger partial charge in [-0.3, -0.25) is 14.3 Å². The molecule has 4 heterocycles. The largest absolute Gasteiger partial charge is 0.486 e. The molecule has 1 amide bonds. The smallest absolute Gasteiger partial charge is 0.407 e. The van der Waals surface area contributed by atoms with E-state index in [1.54, 1.807) is 10.6 Å².